The third kappa shape index (κ3) is 3.70. The van der Waals surface area contributed by atoms with Gasteiger partial charge in [-0.2, -0.15) is 5.10 Å². The van der Waals surface area contributed by atoms with Crippen molar-refractivity contribution in [3.8, 4) is 5.88 Å². The van der Waals surface area contributed by atoms with Gasteiger partial charge >= 0.3 is 5.97 Å². The number of rotatable bonds is 5. The first kappa shape index (κ1) is 12.9. The van der Waals surface area contributed by atoms with Crippen LogP contribution in [-0.2, 0) is 22.7 Å². The molecule has 7 nitrogen and oxygen atoms in total. The molecule has 100 valence electrons. The Morgan fingerprint density at radius 3 is 2.95 bits per heavy atom. The largest absolute Gasteiger partial charge is 0.481 e. The number of methoxy groups -OCH3 is 1. The van der Waals surface area contributed by atoms with Crippen molar-refractivity contribution in [2.24, 2.45) is 0 Å². The second-order valence-corrected chi connectivity index (χ2v) is 3.77. The number of anilines is 1. The molecule has 0 atom stereocenters. The average Bonchev–Trinajstić information content (AvgIpc) is 2.82. The lowest BCUT2D eigenvalue weighted by Crippen LogP contribution is -2.14. The van der Waals surface area contributed by atoms with Crippen molar-refractivity contribution >= 4 is 11.8 Å². The van der Waals surface area contributed by atoms with Crippen LogP contribution in [0.25, 0.3) is 0 Å². The molecule has 0 unspecified atom stereocenters. The van der Waals surface area contributed by atoms with E-state index in [-0.39, 0.29) is 13.2 Å². The van der Waals surface area contributed by atoms with Crippen LogP contribution in [-0.4, -0.2) is 27.8 Å². The molecule has 0 bridgehead atoms. The van der Waals surface area contributed by atoms with E-state index in [9.17, 15) is 4.79 Å². The zero-order valence-electron chi connectivity index (χ0n) is 10.4. The molecule has 0 aliphatic heterocycles. The number of carbonyl (C=O) groups excluding carboxylic acids is 1. The van der Waals surface area contributed by atoms with Crippen molar-refractivity contribution in [1.82, 2.24) is 14.8 Å². The highest BCUT2D eigenvalue weighted by molar-refractivity contribution is 5.69. The van der Waals surface area contributed by atoms with E-state index in [1.807, 2.05) is 0 Å². The number of hydrogen-bond donors (Lipinski definition) is 1. The van der Waals surface area contributed by atoms with Gasteiger partial charge in [-0.15, -0.1) is 0 Å². The van der Waals surface area contributed by atoms with E-state index in [4.69, 9.17) is 15.2 Å². The number of aromatic nitrogens is 3. The van der Waals surface area contributed by atoms with E-state index >= 15 is 0 Å². The molecule has 0 saturated heterocycles. The Morgan fingerprint density at radius 1 is 1.42 bits per heavy atom. The van der Waals surface area contributed by atoms with Gasteiger partial charge in [-0.05, 0) is 12.1 Å². The molecule has 2 aromatic heterocycles. The van der Waals surface area contributed by atoms with E-state index < -0.39 is 5.97 Å². The van der Waals surface area contributed by atoms with Crippen molar-refractivity contribution in [1.29, 1.82) is 0 Å². The van der Waals surface area contributed by atoms with Gasteiger partial charge in [-0.1, -0.05) is 6.07 Å². The molecule has 2 N–H and O–H groups in total. The third-order valence-electron chi connectivity index (χ3n) is 2.32. The summed E-state index contributed by atoms with van der Waals surface area (Å²) >= 11 is 0. The standard InChI is InChI=1S/C12H14N4O3/c1-18-11-4-2-3-9(14-11)8-19-12(17)7-16-6-5-10(13)15-16/h2-6H,7-8H2,1H3,(H2,13,15). The lowest BCUT2D eigenvalue weighted by atomic mass is 10.3. The molecule has 19 heavy (non-hydrogen) atoms. The van der Waals surface area contributed by atoms with E-state index in [0.717, 1.165) is 0 Å². The van der Waals surface area contributed by atoms with Gasteiger partial charge in [0, 0.05) is 12.3 Å². The topological polar surface area (TPSA) is 92.3 Å². The van der Waals surface area contributed by atoms with Gasteiger partial charge < -0.3 is 15.2 Å². The van der Waals surface area contributed by atoms with Gasteiger partial charge in [0.1, 0.15) is 19.0 Å². The van der Waals surface area contributed by atoms with E-state index in [2.05, 4.69) is 10.1 Å². The minimum Gasteiger partial charge on any atom is -0.481 e. The predicted molar refractivity (Wildman–Crippen MR) is 67.2 cm³/mol. The van der Waals surface area contributed by atoms with Crippen molar-refractivity contribution in [2.45, 2.75) is 13.2 Å². The van der Waals surface area contributed by atoms with Crippen LogP contribution in [0.3, 0.4) is 0 Å². The van der Waals surface area contributed by atoms with Gasteiger partial charge in [0.15, 0.2) is 0 Å². The van der Waals surface area contributed by atoms with Crippen LogP contribution in [0.5, 0.6) is 5.88 Å². The highest BCUT2D eigenvalue weighted by atomic mass is 16.5. The first-order valence-electron chi connectivity index (χ1n) is 5.62. The second-order valence-electron chi connectivity index (χ2n) is 3.77. The van der Waals surface area contributed by atoms with Gasteiger partial charge in [0.05, 0.1) is 12.8 Å². The van der Waals surface area contributed by atoms with Crippen LogP contribution in [0, 0.1) is 0 Å². The molecule has 2 rings (SSSR count). The number of esters is 1. The number of nitrogens with two attached hydrogens (primary N) is 1. The lowest BCUT2D eigenvalue weighted by molar-refractivity contribution is -0.146. The molecule has 2 aromatic rings. The average molecular weight is 262 g/mol. The Morgan fingerprint density at radius 2 is 2.26 bits per heavy atom. The fourth-order valence-electron chi connectivity index (χ4n) is 1.45. The Balaban J connectivity index is 1.86. The van der Waals surface area contributed by atoms with Gasteiger partial charge in [0.2, 0.25) is 5.88 Å². The molecule has 0 aromatic carbocycles. The summed E-state index contributed by atoms with van der Waals surface area (Å²) in [7, 11) is 1.53. The van der Waals surface area contributed by atoms with Crippen LogP contribution < -0.4 is 10.5 Å². The van der Waals surface area contributed by atoms with Crippen molar-refractivity contribution in [3.05, 3.63) is 36.2 Å². The summed E-state index contributed by atoms with van der Waals surface area (Å²) in [6.45, 7) is 0.105. The molecule has 0 amide bonds. The molecule has 0 saturated carbocycles. The van der Waals surface area contributed by atoms with E-state index in [0.29, 0.717) is 17.4 Å². The quantitative estimate of drug-likeness (QED) is 0.794. The summed E-state index contributed by atoms with van der Waals surface area (Å²) in [5, 5.41) is 3.89. The van der Waals surface area contributed by atoms with Crippen LogP contribution in [0.2, 0.25) is 0 Å². The fourth-order valence-corrected chi connectivity index (χ4v) is 1.45. The normalized spacial score (nSPS) is 10.2. The van der Waals surface area contributed by atoms with Gasteiger partial charge in [0.25, 0.3) is 0 Å². The van der Waals surface area contributed by atoms with Crippen LogP contribution in [0.1, 0.15) is 5.69 Å². The minimum atomic E-state index is -0.410. The lowest BCUT2D eigenvalue weighted by Gasteiger charge is -2.05. The zero-order valence-corrected chi connectivity index (χ0v) is 10.4. The SMILES string of the molecule is COc1cccc(COC(=O)Cn2ccc(N)n2)n1. The number of nitrogens with zero attached hydrogens (tertiary/aromatic N) is 3. The molecule has 7 heteroatoms. The van der Waals surface area contributed by atoms with Crippen LogP contribution >= 0.6 is 0 Å². The summed E-state index contributed by atoms with van der Waals surface area (Å²) in [4.78, 5) is 15.7. The summed E-state index contributed by atoms with van der Waals surface area (Å²) in [5.41, 5.74) is 6.06. The first-order valence-corrected chi connectivity index (χ1v) is 5.62. The maximum absolute atomic E-state index is 11.6. The summed E-state index contributed by atoms with van der Waals surface area (Å²) in [5.74, 6) is 0.434. The zero-order chi connectivity index (χ0) is 13.7. The molecule has 0 fully saturated rings. The van der Waals surface area contributed by atoms with E-state index in [1.165, 1.54) is 11.8 Å². The third-order valence-corrected chi connectivity index (χ3v) is 2.32. The number of nitrogen functional groups attached to an aromatic ring is 1. The van der Waals surface area contributed by atoms with Crippen molar-refractivity contribution in [3.63, 3.8) is 0 Å². The summed E-state index contributed by atoms with van der Waals surface area (Å²) in [6.07, 6.45) is 1.61. The number of pyridine rings is 1. The molecule has 2 heterocycles. The Hall–Kier alpha value is -2.57. The van der Waals surface area contributed by atoms with Crippen molar-refractivity contribution in [2.75, 3.05) is 12.8 Å². The molecule has 0 spiro atoms. The Kier molecular flexibility index (Phi) is 3.97. The monoisotopic (exact) mass is 262 g/mol. The molecular formula is C12H14N4O3. The Labute approximate surface area is 110 Å². The second kappa shape index (κ2) is 5.85. The highest BCUT2D eigenvalue weighted by Gasteiger charge is 2.06. The number of hydrogen-bond acceptors (Lipinski definition) is 6. The van der Waals surface area contributed by atoms with Crippen molar-refractivity contribution < 1.29 is 14.3 Å². The first-order chi connectivity index (χ1) is 9.17. The predicted octanol–water partition coefficient (Wildman–Crippen LogP) is 0.612. The van der Waals surface area contributed by atoms with Crippen LogP contribution in [0.15, 0.2) is 30.5 Å². The van der Waals surface area contributed by atoms with E-state index in [1.54, 1.807) is 30.5 Å². The Bertz CT molecular complexity index is 568. The van der Waals surface area contributed by atoms with Gasteiger partial charge in [-0.25, -0.2) is 4.98 Å². The fraction of sp³-hybridized carbons (Fsp3) is 0.250. The number of carbonyl (C=O) groups is 1. The summed E-state index contributed by atoms with van der Waals surface area (Å²) in [6, 6.07) is 6.86. The maximum atomic E-state index is 11.6. The molecule has 0 radical (unpaired) electrons. The minimum absolute atomic E-state index is 0.0150. The number of ether oxygens (including phenoxy) is 2. The smallest absolute Gasteiger partial charge is 0.328 e. The molecular weight excluding hydrogens is 248 g/mol. The molecule has 0 aliphatic rings. The molecule has 0 aliphatic carbocycles. The summed E-state index contributed by atoms with van der Waals surface area (Å²) < 4.78 is 11.5. The highest BCUT2D eigenvalue weighted by Crippen LogP contribution is 2.07. The van der Waals surface area contributed by atoms with Crippen LogP contribution in [0.4, 0.5) is 5.82 Å². The maximum Gasteiger partial charge on any atom is 0.328 e. The van der Waals surface area contributed by atoms with Gasteiger partial charge in [-0.3, -0.25) is 9.48 Å².